The Hall–Kier alpha value is -2.48. The third kappa shape index (κ3) is 4.58. The van der Waals surface area contributed by atoms with Gasteiger partial charge in [-0.15, -0.1) is 0 Å². The van der Waals surface area contributed by atoms with Crippen LogP contribution in [0.1, 0.15) is 39.2 Å². The summed E-state index contributed by atoms with van der Waals surface area (Å²) in [6.07, 6.45) is 0. The average molecular weight is 468 g/mol. The molecule has 2 rings (SSSR count). The number of hydrogen-bond donors (Lipinski definition) is 1. The van der Waals surface area contributed by atoms with E-state index in [1.807, 2.05) is 0 Å². The zero-order valence-electron chi connectivity index (χ0n) is 17.5. The molecule has 7 nitrogen and oxygen atoms in total. The topological polar surface area (TPSA) is 83.1 Å². The Kier molecular flexibility index (Phi) is 7.73. The van der Waals surface area contributed by atoms with Crippen LogP contribution in [0.2, 0.25) is 0 Å². The van der Waals surface area contributed by atoms with Crippen molar-refractivity contribution in [3.8, 4) is 11.5 Å². The van der Waals surface area contributed by atoms with Gasteiger partial charge in [0.15, 0.2) is 11.5 Å². The van der Waals surface area contributed by atoms with Crippen LogP contribution in [0.25, 0.3) is 0 Å². The number of ether oxygens (including phenoxy) is 4. The lowest BCUT2D eigenvalue weighted by Crippen LogP contribution is -2.32. The molecular weight excluding hydrogens is 442 g/mol. The first-order valence-electron chi connectivity index (χ1n) is 9.24. The zero-order valence-corrected chi connectivity index (χ0v) is 19.1. The maximum atomic E-state index is 12.8. The van der Waals surface area contributed by atoms with Gasteiger partial charge in [-0.1, -0.05) is 0 Å². The second kappa shape index (κ2) is 9.82. The Morgan fingerprint density at radius 2 is 1.48 bits per heavy atom. The van der Waals surface area contributed by atoms with Gasteiger partial charge >= 0.3 is 11.9 Å². The van der Waals surface area contributed by atoms with Crippen LogP contribution in [0.4, 0.5) is 0 Å². The molecule has 8 heteroatoms. The third-order valence-electron chi connectivity index (χ3n) is 4.54. The molecule has 0 amide bonds. The van der Waals surface area contributed by atoms with E-state index in [2.05, 4.69) is 21.2 Å². The summed E-state index contributed by atoms with van der Waals surface area (Å²) in [5.41, 5.74) is 2.59. The van der Waals surface area contributed by atoms with E-state index in [4.69, 9.17) is 18.9 Å². The minimum Gasteiger partial charge on any atom is -0.493 e. The number of carbonyl (C=O) groups excluding carboxylic acids is 2. The van der Waals surface area contributed by atoms with Crippen molar-refractivity contribution < 1.29 is 28.5 Å². The number of rotatable bonds is 7. The van der Waals surface area contributed by atoms with Gasteiger partial charge in [-0.3, -0.25) is 0 Å². The van der Waals surface area contributed by atoms with E-state index in [0.717, 1.165) is 0 Å². The van der Waals surface area contributed by atoms with Crippen molar-refractivity contribution in [3.63, 3.8) is 0 Å². The summed E-state index contributed by atoms with van der Waals surface area (Å²) in [6, 6.07) is 3.55. The number of methoxy groups -OCH3 is 2. The first kappa shape index (κ1) is 22.8. The van der Waals surface area contributed by atoms with Gasteiger partial charge in [-0.05, 0) is 61.3 Å². The highest BCUT2D eigenvalue weighted by atomic mass is 79.9. The fourth-order valence-electron chi connectivity index (χ4n) is 3.39. The molecule has 1 N–H and O–H groups in total. The molecule has 1 heterocycles. The lowest BCUT2D eigenvalue weighted by atomic mass is 9.80. The normalized spacial score (nSPS) is 14.4. The van der Waals surface area contributed by atoms with Crippen molar-refractivity contribution in [3.05, 3.63) is 44.7 Å². The van der Waals surface area contributed by atoms with Crippen LogP contribution < -0.4 is 14.8 Å². The zero-order chi connectivity index (χ0) is 21.7. The number of nitrogens with one attached hydrogen (secondary N) is 1. The number of esters is 2. The summed E-state index contributed by atoms with van der Waals surface area (Å²) in [5.74, 6) is -0.699. The summed E-state index contributed by atoms with van der Waals surface area (Å²) in [5, 5.41) is 3.11. The second-order valence-electron chi connectivity index (χ2n) is 6.31. The molecule has 0 aliphatic carbocycles. The minimum absolute atomic E-state index is 0.218. The second-order valence-corrected chi connectivity index (χ2v) is 7.17. The van der Waals surface area contributed by atoms with Crippen LogP contribution in [-0.4, -0.2) is 39.4 Å². The highest BCUT2D eigenvalue weighted by Crippen LogP contribution is 2.44. The Morgan fingerprint density at radius 3 is 1.90 bits per heavy atom. The Bertz CT molecular complexity index is 834. The molecule has 158 valence electrons. The molecule has 0 fully saturated rings. The number of halogens is 1. The van der Waals surface area contributed by atoms with Gasteiger partial charge in [0.1, 0.15) is 0 Å². The Morgan fingerprint density at radius 1 is 0.966 bits per heavy atom. The van der Waals surface area contributed by atoms with E-state index in [1.54, 1.807) is 39.8 Å². The van der Waals surface area contributed by atoms with Crippen molar-refractivity contribution >= 4 is 27.9 Å². The van der Waals surface area contributed by atoms with Crippen LogP contribution >= 0.6 is 15.9 Å². The van der Waals surface area contributed by atoms with Crippen molar-refractivity contribution in [2.24, 2.45) is 0 Å². The van der Waals surface area contributed by atoms with E-state index in [1.165, 1.54) is 14.2 Å². The predicted molar refractivity (Wildman–Crippen MR) is 112 cm³/mol. The van der Waals surface area contributed by atoms with Gasteiger partial charge in [0, 0.05) is 11.4 Å². The van der Waals surface area contributed by atoms with Crippen LogP contribution in [0.15, 0.2) is 39.1 Å². The summed E-state index contributed by atoms with van der Waals surface area (Å²) in [7, 11) is 3.06. The number of dihydropyridines is 1. The highest BCUT2D eigenvalue weighted by Gasteiger charge is 2.38. The minimum atomic E-state index is -0.689. The van der Waals surface area contributed by atoms with Crippen LogP contribution in [0.5, 0.6) is 11.5 Å². The number of allylic oxidation sites excluding steroid dienone is 2. The first-order chi connectivity index (χ1) is 13.8. The van der Waals surface area contributed by atoms with E-state index in [9.17, 15) is 9.59 Å². The summed E-state index contributed by atoms with van der Waals surface area (Å²) >= 11 is 3.49. The van der Waals surface area contributed by atoms with Crippen molar-refractivity contribution in [2.75, 3.05) is 27.4 Å². The quantitative estimate of drug-likeness (QED) is 0.609. The van der Waals surface area contributed by atoms with Crippen LogP contribution in [-0.2, 0) is 19.1 Å². The molecule has 1 aromatic rings. The molecule has 0 radical (unpaired) electrons. The van der Waals surface area contributed by atoms with Crippen molar-refractivity contribution in [2.45, 2.75) is 33.6 Å². The third-order valence-corrected chi connectivity index (χ3v) is 5.13. The lowest BCUT2D eigenvalue weighted by molar-refractivity contribution is -0.139. The average Bonchev–Trinajstić information content (AvgIpc) is 2.66. The van der Waals surface area contributed by atoms with Crippen molar-refractivity contribution in [1.29, 1.82) is 0 Å². The van der Waals surface area contributed by atoms with E-state index in [0.29, 0.717) is 44.1 Å². The maximum absolute atomic E-state index is 12.8. The smallest absolute Gasteiger partial charge is 0.336 e. The van der Waals surface area contributed by atoms with Gasteiger partial charge in [0.05, 0.1) is 49.0 Å². The number of hydrogen-bond acceptors (Lipinski definition) is 7. The molecule has 0 aromatic heterocycles. The highest BCUT2D eigenvalue weighted by molar-refractivity contribution is 9.10. The van der Waals surface area contributed by atoms with Gasteiger partial charge < -0.3 is 24.3 Å². The molecule has 0 bridgehead atoms. The van der Waals surface area contributed by atoms with Gasteiger partial charge in [0.25, 0.3) is 0 Å². The maximum Gasteiger partial charge on any atom is 0.336 e. The molecule has 0 atom stereocenters. The lowest BCUT2D eigenvalue weighted by Gasteiger charge is -2.31. The van der Waals surface area contributed by atoms with Gasteiger partial charge in [-0.25, -0.2) is 9.59 Å². The van der Waals surface area contributed by atoms with E-state index < -0.39 is 17.9 Å². The number of carbonyl (C=O) groups is 2. The fourth-order valence-corrected chi connectivity index (χ4v) is 4.01. The van der Waals surface area contributed by atoms with E-state index in [-0.39, 0.29) is 13.2 Å². The van der Waals surface area contributed by atoms with Crippen LogP contribution in [0, 0.1) is 0 Å². The molecule has 0 saturated carbocycles. The van der Waals surface area contributed by atoms with Crippen molar-refractivity contribution in [1.82, 2.24) is 5.32 Å². The first-order valence-corrected chi connectivity index (χ1v) is 10.0. The molecule has 29 heavy (non-hydrogen) atoms. The predicted octanol–water partition coefficient (Wildman–Crippen LogP) is 3.83. The molecule has 1 aliphatic heterocycles. The molecule has 0 saturated heterocycles. The Balaban J connectivity index is 2.76. The Labute approximate surface area is 179 Å². The largest absolute Gasteiger partial charge is 0.493 e. The SMILES string of the molecule is CCOC(=O)C1=C(C)NC(C)=C(C(=O)OCC)C1c1cc(Br)c(OC)c(OC)c1. The van der Waals surface area contributed by atoms with Gasteiger partial charge in [-0.2, -0.15) is 0 Å². The fraction of sp³-hybridized carbons (Fsp3) is 0.429. The molecule has 1 aliphatic rings. The molecule has 0 spiro atoms. The van der Waals surface area contributed by atoms with Crippen LogP contribution in [0.3, 0.4) is 0 Å². The summed E-state index contributed by atoms with van der Waals surface area (Å²) in [4.78, 5) is 25.6. The number of benzene rings is 1. The summed E-state index contributed by atoms with van der Waals surface area (Å²) in [6.45, 7) is 7.46. The standard InChI is InChI=1S/C21H26BrNO6/c1-7-28-20(24)16-11(3)23-12(4)17(21(25)29-8-2)18(16)13-9-14(22)19(27-6)15(10-13)26-5/h9-10,18,23H,7-8H2,1-6H3. The van der Waals surface area contributed by atoms with E-state index >= 15 is 0 Å². The van der Waals surface area contributed by atoms with Gasteiger partial charge in [0.2, 0.25) is 0 Å². The molecule has 1 aromatic carbocycles. The monoisotopic (exact) mass is 467 g/mol. The molecule has 0 unspecified atom stereocenters. The molecular formula is C21H26BrNO6. The summed E-state index contributed by atoms with van der Waals surface area (Å²) < 4.78 is 22.0.